The lowest BCUT2D eigenvalue weighted by Gasteiger charge is -2.06. The first-order chi connectivity index (χ1) is 11.6. The van der Waals surface area contributed by atoms with E-state index >= 15 is 0 Å². The van der Waals surface area contributed by atoms with Gasteiger partial charge in [-0.2, -0.15) is 0 Å². The molecule has 0 aliphatic rings. The molecular weight excluding hydrogens is 335 g/mol. The number of benzene rings is 1. The first-order valence-corrected chi connectivity index (χ1v) is 7.48. The van der Waals surface area contributed by atoms with Crippen LogP contribution in [0, 0.1) is 5.82 Å². The Morgan fingerprint density at radius 2 is 2.12 bits per heavy atom. The molecule has 1 N–H and O–H groups in total. The van der Waals surface area contributed by atoms with Gasteiger partial charge in [-0.05, 0) is 24.3 Å². The number of amides is 1. The van der Waals surface area contributed by atoms with Gasteiger partial charge in [0.25, 0.3) is 5.91 Å². The lowest BCUT2D eigenvalue weighted by molar-refractivity contribution is 0.0950. The molecule has 2 heterocycles. The summed E-state index contributed by atoms with van der Waals surface area (Å²) in [5, 5.41) is 10.5. The molecule has 3 aromatic rings. The highest BCUT2D eigenvalue weighted by molar-refractivity contribution is 6.33. The second-order valence-electron chi connectivity index (χ2n) is 4.85. The van der Waals surface area contributed by atoms with Crippen LogP contribution in [0.25, 0.3) is 11.5 Å². The summed E-state index contributed by atoms with van der Waals surface area (Å²) in [4.78, 5) is 16.0. The van der Waals surface area contributed by atoms with E-state index in [2.05, 4.69) is 20.5 Å². The molecule has 0 spiro atoms. The number of carbonyl (C=O) groups is 1. The van der Waals surface area contributed by atoms with E-state index in [1.807, 2.05) is 0 Å². The van der Waals surface area contributed by atoms with Crippen molar-refractivity contribution in [2.24, 2.45) is 0 Å². The molecule has 0 fully saturated rings. The lowest BCUT2D eigenvalue weighted by Crippen LogP contribution is -2.27. The standard InChI is InChI=1S/C16H12ClFN4O2/c17-11-4-1-5-12(18)14(11)15(23)20-8-6-13-21-22-16(24-13)10-3-2-7-19-9-10/h1-5,7,9H,6,8H2,(H,20,23). The van der Waals surface area contributed by atoms with Crippen LogP contribution in [-0.4, -0.2) is 27.6 Å². The van der Waals surface area contributed by atoms with E-state index in [1.165, 1.54) is 18.2 Å². The number of pyridine rings is 1. The van der Waals surface area contributed by atoms with Gasteiger partial charge in [0.15, 0.2) is 0 Å². The van der Waals surface area contributed by atoms with Crippen molar-refractivity contribution in [3.8, 4) is 11.5 Å². The summed E-state index contributed by atoms with van der Waals surface area (Å²) in [5.41, 5.74) is 0.527. The van der Waals surface area contributed by atoms with Gasteiger partial charge in [-0.15, -0.1) is 10.2 Å². The molecule has 0 unspecified atom stereocenters. The second-order valence-corrected chi connectivity index (χ2v) is 5.25. The Hall–Kier alpha value is -2.80. The van der Waals surface area contributed by atoms with Crippen LogP contribution in [0.1, 0.15) is 16.2 Å². The first kappa shape index (κ1) is 16.1. The number of nitrogens with one attached hydrogen (secondary N) is 1. The third-order valence-electron chi connectivity index (χ3n) is 3.19. The first-order valence-electron chi connectivity index (χ1n) is 7.10. The molecule has 0 radical (unpaired) electrons. The van der Waals surface area contributed by atoms with Crippen LogP contribution in [-0.2, 0) is 6.42 Å². The van der Waals surface area contributed by atoms with Crippen molar-refractivity contribution in [2.75, 3.05) is 6.54 Å². The van der Waals surface area contributed by atoms with Crippen LogP contribution in [0.4, 0.5) is 4.39 Å². The Bertz CT molecular complexity index is 834. The smallest absolute Gasteiger partial charge is 0.255 e. The summed E-state index contributed by atoms with van der Waals surface area (Å²) < 4.78 is 19.1. The summed E-state index contributed by atoms with van der Waals surface area (Å²) in [7, 11) is 0. The van der Waals surface area contributed by atoms with Gasteiger partial charge in [-0.25, -0.2) is 4.39 Å². The molecule has 1 aromatic carbocycles. The second kappa shape index (κ2) is 7.18. The quantitative estimate of drug-likeness (QED) is 0.768. The molecule has 2 aromatic heterocycles. The Kier molecular flexibility index (Phi) is 4.81. The highest BCUT2D eigenvalue weighted by atomic mass is 35.5. The molecule has 24 heavy (non-hydrogen) atoms. The molecule has 3 rings (SSSR count). The van der Waals surface area contributed by atoms with Gasteiger partial charge < -0.3 is 9.73 Å². The third-order valence-corrected chi connectivity index (χ3v) is 3.50. The van der Waals surface area contributed by atoms with Crippen molar-refractivity contribution in [1.29, 1.82) is 0 Å². The van der Waals surface area contributed by atoms with Gasteiger partial charge in [0, 0.05) is 25.4 Å². The van der Waals surface area contributed by atoms with E-state index in [0.717, 1.165) is 0 Å². The number of hydrogen-bond donors (Lipinski definition) is 1. The molecule has 0 aliphatic carbocycles. The maximum absolute atomic E-state index is 13.7. The largest absolute Gasteiger partial charge is 0.421 e. The summed E-state index contributed by atoms with van der Waals surface area (Å²) in [6.45, 7) is 0.207. The molecule has 8 heteroatoms. The van der Waals surface area contributed by atoms with Crippen molar-refractivity contribution in [1.82, 2.24) is 20.5 Å². The Morgan fingerprint density at radius 3 is 2.88 bits per heavy atom. The molecule has 0 saturated carbocycles. The van der Waals surface area contributed by atoms with Crippen molar-refractivity contribution < 1.29 is 13.6 Å². The molecule has 1 amide bonds. The van der Waals surface area contributed by atoms with E-state index in [9.17, 15) is 9.18 Å². The molecule has 0 aliphatic heterocycles. The van der Waals surface area contributed by atoms with Crippen LogP contribution in [0.15, 0.2) is 47.1 Å². The van der Waals surface area contributed by atoms with Crippen molar-refractivity contribution in [2.45, 2.75) is 6.42 Å². The van der Waals surface area contributed by atoms with Gasteiger partial charge in [0.2, 0.25) is 11.8 Å². The fourth-order valence-electron chi connectivity index (χ4n) is 2.05. The van der Waals surface area contributed by atoms with E-state index in [-0.39, 0.29) is 17.1 Å². The minimum Gasteiger partial charge on any atom is -0.421 e. The Balaban J connectivity index is 1.59. The number of aromatic nitrogens is 3. The van der Waals surface area contributed by atoms with E-state index < -0.39 is 11.7 Å². The Labute approximate surface area is 141 Å². The minimum absolute atomic E-state index is 0.0594. The van der Waals surface area contributed by atoms with Crippen LogP contribution in [0.2, 0.25) is 5.02 Å². The average Bonchev–Trinajstić information content (AvgIpc) is 3.04. The fourth-order valence-corrected chi connectivity index (χ4v) is 2.30. The molecule has 6 nitrogen and oxygen atoms in total. The highest BCUT2D eigenvalue weighted by Crippen LogP contribution is 2.19. The van der Waals surface area contributed by atoms with Crippen molar-refractivity contribution >= 4 is 17.5 Å². The Morgan fingerprint density at radius 1 is 1.25 bits per heavy atom. The fraction of sp³-hybridized carbons (Fsp3) is 0.125. The number of hydrogen-bond acceptors (Lipinski definition) is 5. The minimum atomic E-state index is -0.670. The number of rotatable bonds is 5. The molecule has 0 atom stereocenters. The van der Waals surface area contributed by atoms with Crippen LogP contribution >= 0.6 is 11.6 Å². The summed E-state index contributed by atoms with van der Waals surface area (Å²) >= 11 is 5.84. The van der Waals surface area contributed by atoms with Gasteiger partial charge >= 0.3 is 0 Å². The van der Waals surface area contributed by atoms with E-state index in [4.69, 9.17) is 16.0 Å². The summed E-state index contributed by atoms with van der Waals surface area (Å²) in [6, 6.07) is 7.63. The molecule has 122 valence electrons. The van der Waals surface area contributed by atoms with E-state index in [0.29, 0.717) is 23.8 Å². The maximum Gasteiger partial charge on any atom is 0.255 e. The number of nitrogens with zero attached hydrogens (tertiary/aromatic N) is 3. The van der Waals surface area contributed by atoms with Crippen molar-refractivity contribution in [3.63, 3.8) is 0 Å². The van der Waals surface area contributed by atoms with Gasteiger partial charge in [0.05, 0.1) is 16.1 Å². The summed E-state index contributed by atoms with van der Waals surface area (Å²) in [6.07, 6.45) is 3.56. The van der Waals surface area contributed by atoms with E-state index in [1.54, 1.807) is 24.5 Å². The highest BCUT2D eigenvalue weighted by Gasteiger charge is 2.15. The van der Waals surface area contributed by atoms with Crippen LogP contribution < -0.4 is 5.32 Å². The normalized spacial score (nSPS) is 10.6. The predicted octanol–water partition coefficient (Wildman–Crippen LogP) is 2.90. The summed E-state index contributed by atoms with van der Waals surface area (Å²) in [5.74, 6) is -0.558. The topological polar surface area (TPSA) is 80.9 Å². The zero-order chi connectivity index (χ0) is 16.9. The average molecular weight is 347 g/mol. The SMILES string of the molecule is O=C(NCCc1nnc(-c2cccnc2)o1)c1c(F)cccc1Cl. The zero-order valence-electron chi connectivity index (χ0n) is 12.4. The molecular formula is C16H12ClFN4O2. The number of halogens is 2. The maximum atomic E-state index is 13.7. The monoisotopic (exact) mass is 346 g/mol. The van der Waals surface area contributed by atoms with Gasteiger partial charge in [-0.3, -0.25) is 9.78 Å². The van der Waals surface area contributed by atoms with Gasteiger partial charge in [0.1, 0.15) is 5.82 Å². The van der Waals surface area contributed by atoms with Gasteiger partial charge in [-0.1, -0.05) is 17.7 Å². The van der Waals surface area contributed by atoms with Crippen molar-refractivity contribution in [3.05, 3.63) is 65.0 Å². The molecule has 0 bridgehead atoms. The molecule has 0 saturated heterocycles. The van der Waals surface area contributed by atoms with Crippen LogP contribution in [0.3, 0.4) is 0 Å². The number of carbonyl (C=O) groups excluding carboxylic acids is 1. The predicted molar refractivity (Wildman–Crippen MR) is 85.0 cm³/mol. The lowest BCUT2D eigenvalue weighted by atomic mass is 10.2. The third kappa shape index (κ3) is 3.57. The van der Waals surface area contributed by atoms with Crippen LogP contribution in [0.5, 0.6) is 0 Å². The zero-order valence-corrected chi connectivity index (χ0v) is 13.1.